The summed E-state index contributed by atoms with van der Waals surface area (Å²) in [5.41, 5.74) is 1.37. The summed E-state index contributed by atoms with van der Waals surface area (Å²) in [5.74, 6) is 0. The Kier molecular flexibility index (Phi) is 3.10. The van der Waals surface area contributed by atoms with Crippen LogP contribution in [0.15, 0.2) is 12.2 Å². The molecule has 8 heavy (non-hydrogen) atoms. The van der Waals surface area contributed by atoms with E-state index in [1.54, 1.807) is 0 Å². The molecule has 0 bridgehead atoms. The van der Waals surface area contributed by atoms with Crippen molar-refractivity contribution in [2.75, 3.05) is 0 Å². The molecule has 0 spiro atoms. The van der Waals surface area contributed by atoms with Gasteiger partial charge in [-0.2, -0.15) is 0 Å². The second kappa shape index (κ2) is 2.90. The number of hydrogen-bond donors (Lipinski definition) is 0. The zero-order valence-corrected chi connectivity index (χ0v) is 9.27. The molecule has 1 heteroatoms. The summed E-state index contributed by atoms with van der Waals surface area (Å²) in [6.45, 7) is 6.02. The minimum atomic E-state index is -1.46. The standard InChI is InChI=1S/C4H7.3CH3.Sn/c1-4(2)3;;;;/h1-2H2,3H3;3*1H3;. The molecule has 0 heterocycles. The average Bonchev–Trinajstić information content (AvgIpc) is 1.21. The van der Waals surface area contributed by atoms with Gasteiger partial charge in [-0.3, -0.25) is 0 Å². The van der Waals surface area contributed by atoms with E-state index in [0.717, 1.165) is 0 Å². The van der Waals surface area contributed by atoms with Crippen LogP contribution >= 0.6 is 0 Å². The van der Waals surface area contributed by atoms with Crippen LogP contribution in [0.2, 0.25) is 19.3 Å². The van der Waals surface area contributed by atoms with Crippen molar-refractivity contribution >= 4 is 18.4 Å². The molecule has 0 aliphatic carbocycles. The Hall–Kier alpha value is 0.539. The SMILES string of the molecule is C=C(C)[CH2][Sn]([CH3])([CH3])[CH3]. The fourth-order valence-corrected chi connectivity index (χ4v) is 6.07. The molecule has 0 aromatic heterocycles. The molecule has 0 atom stereocenters. The molecule has 0 saturated heterocycles. The fourth-order valence-electron chi connectivity index (χ4n) is 0.905. The zero-order valence-electron chi connectivity index (χ0n) is 6.41. The first-order valence-electron chi connectivity index (χ1n) is 3.06. The van der Waals surface area contributed by atoms with Crippen molar-refractivity contribution in [3.63, 3.8) is 0 Å². The third-order valence-corrected chi connectivity index (χ3v) is 5.58. The van der Waals surface area contributed by atoms with Crippen LogP contribution in [0.3, 0.4) is 0 Å². The molecule has 0 aromatic carbocycles. The van der Waals surface area contributed by atoms with Crippen molar-refractivity contribution in [1.82, 2.24) is 0 Å². The third kappa shape index (κ3) is 6.54. The van der Waals surface area contributed by atoms with Gasteiger partial charge in [0.05, 0.1) is 0 Å². The Balaban J connectivity index is 3.55. The van der Waals surface area contributed by atoms with Crippen molar-refractivity contribution in [2.24, 2.45) is 0 Å². The molecule has 0 aromatic rings. The van der Waals surface area contributed by atoms with Crippen LogP contribution in [-0.4, -0.2) is 18.4 Å². The molecule has 0 N–H and O–H groups in total. The normalized spacial score (nSPS) is 11.5. The average molecular weight is 219 g/mol. The molecule has 0 aliphatic rings. The van der Waals surface area contributed by atoms with Gasteiger partial charge in [0.2, 0.25) is 0 Å². The summed E-state index contributed by atoms with van der Waals surface area (Å²) in [4.78, 5) is 7.30. The Morgan fingerprint density at radius 1 is 1.38 bits per heavy atom. The zero-order chi connectivity index (χ0) is 6.78. The van der Waals surface area contributed by atoms with Crippen molar-refractivity contribution in [2.45, 2.75) is 26.2 Å². The van der Waals surface area contributed by atoms with Crippen molar-refractivity contribution < 1.29 is 0 Å². The van der Waals surface area contributed by atoms with Gasteiger partial charge in [-0.05, 0) is 0 Å². The predicted octanol–water partition coefficient (Wildman–Crippen LogP) is 2.90. The topological polar surface area (TPSA) is 0 Å². The van der Waals surface area contributed by atoms with Crippen LogP contribution < -0.4 is 0 Å². The Bertz CT molecular complexity index is 87.1. The molecule has 0 fully saturated rings. The van der Waals surface area contributed by atoms with Crippen molar-refractivity contribution in [3.8, 4) is 0 Å². The molecule has 0 radical (unpaired) electrons. The first kappa shape index (κ1) is 8.54. The first-order valence-corrected chi connectivity index (χ1v) is 13.6. The van der Waals surface area contributed by atoms with Gasteiger partial charge in [0.1, 0.15) is 0 Å². The summed E-state index contributed by atoms with van der Waals surface area (Å²) in [7, 11) is 0. The molecule has 0 rings (SSSR count). The Morgan fingerprint density at radius 2 is 1.75 bits per heavy atom. The van der Waals surface area contributed by atoms with Gasteiger partial charge >= 0.3 is 56.7 Å². The number of rotatable bonds is 2. The van der Waals surface area contributed by atoms with Crippen LogP contribution in [-0.2, 0) is 0 Å². The molecule has 0 saturated carbocycles. The van der Waals surface area contributed by atoms with E-state index in [9.17, 15) is 0 Å². The van der Waals surface area contributed by atoms with Gasteiger partial charge in [-0.15, -0.1) is 0 Å². The van der Waals surface area contributed by atoms with Gasteiger partial charge in [0.15, 0.2) is 0 Å². The van der Waals surface area contributed by atoms with Gasteiger partial charge in [0.25, 0.3) is 0 Å². The molecule has 0 nitrogen and oxygen atoms in total. The summed E-state index contributed by atoms with van der Waals surface area (Å²) < 4.78 is 1.34. The van der Waals surface area contributed by atoms with E-state index in [-0.39, 0.29) is 0 Å². The summed E-state index contributed by atoms with van der Waals surface area (Å²) in [6, 6.07) is 0. The quantitative estimate of drug-likeness (QED) is 0.494. The van der Waals surface area contributed by atoms with E-state index in [4.69, 9.17) is 0 Å². The van der Waals surface area contributed by atoms with E-state index in [1.165, 1.54) is 10.0 Å². The molecule has 0 amide bonds. The van der Waals surface area contributed by atoms with Crippen LogP contribution in [0.5, 0.6) is 0 Å². The van der Waals surface area contributed by atoms with E-state index >= 15 is 0 Å². The summed E-state index contributed by atoms with van der Waals surface area (Å²) in [5, 5.41) is 0. The monoisotopic (exact) mass is 220 g/mol. The Labute approximate surface area is 56.9 Å². The molecule has 48 valence electrons. The third-order valence-electron chi connectivity index (χ3n) is 0.832. The number of hydrogen-bond acceptors (Lipinski definition) is 0. The van der Waals surface area contributed by atoms with E-state index in [1.807, 2.05) is 0 Å². The van der Waals surface area contributed by atoms with E-state index < -0.39 is 18.4 Å². The molecular weight excluding hydrogens is 203 g/mol. The maximum atomic E-state index is 3.89. The maximum absolute atomic E-state index is 3.89. The van der Waals surface area contributed by atoms with Gasteiger partial charge in [0, 0.05) is 0 Å². The molecule has 0 unspecified atom stereocenters. The van der Waals surface area contributed by atoms with E-state index in [0.29, 0.717) is 0 Å². The first-order chi connectivity index (χ1) is 3.42. The fraction of sp³-hybridized carbons (Fsp3) is 0.714. The van der Waals surface area contributed by atoms with Crippen LogP contribution in [0.4, 0.5) is 0 Å². The minimum absolute atomic E-state index is 1.34. The van der Waals surface area contributed by atoms with Crippen LogP contribution in [0, 0.1) is 0 Å². The van der Waals surface area contributed by atoms with Gasteiger partial charge in [-0.25, -0.2) is 0 Å². The number of allylic oxidation sites excluding steroid dienone is 1. The van der Waals surface area contributed by atoms with Crippen LogP contribution in [0.25, 0.3) is 0 Å². The van der Waals surface area contributed by atoms with E-state index in [2.05, 4.69) is 28.3 Å². The second-order valence-electron chi connectivity index (χ2n) is 3.69. The van der Waals surface area contributed by atoms with Gasteiger partial charge in [-0.1, -0.05) is 0 Å². The Morgan fingerprint density at radius 3 is 1.75 bits per heavy atom. The van der Waals surface area contributed by atoms with Crippen molar-refractivity contribution in [1.29, 1.82) is 0 Å². The molecular formula is C7H16Sn. The van der Waals surface area contributed by atoms with Gasteiger partial charge < -0.3 is 0 Å². The summed E-state index contributed by atoms with van der Waals surface area (Å²) >= 11 is -1.46. The molecule has 0 aliphatic heterocycles. The van der Waals surface area contributed by atoms with Crippen LogP contribution in [0.1, 0.15) is 6.92 Å². The van der Waals surface area contributed by atoms with Crippen molar-refractivity contribution in [3.05, 3.63) is 12.2 Å². The summed E-state index contributed by atoms with van der Waals surface area (Å²) in [6.07, 6.45) is 0. The second-order valence-corrected chi connectivity index (χ2v) is 19.3. The predicted molar refractivity (Wildman–Crippen MR) is 43.0 cm³/mol.